The van der Waals surface area contributed by atoms with Crippen molar-refractivity contribution >= 4 is 23.3 Å². The van der Waals surface area contributed by atoms with Crippen LogP contribution in [0.4, 0.5) is 0 Å². The van der Waals surface area contributed by atoms with E-state index in [9.17, 15) is 19.5 Å². The normalized spacial score (nSPS) is 14.8. The van der Waals surface area contributed by atoms with Gasteiger partial charge in [-0.1, -0.05) is 0 Å². The van der Waals surface area contributed by atoms with Crippen molar-refractivity contribution in [2.45, 2.75) is 6.92 Å². The first-order valence-corrected chi connectivity index (χ1v) is 5.34. The van der Waals surface area contributed by atoms with Gasteiger partial charge in [0.15, 0.2) is 11.3 Å². The highest BCUT2D eigenvalue weighted by Crippen LogP contribution is 2.28. The van der Waals surface area contributed by atoms with Gasteiger partial charge < -0.3 is 14.4 Å². The molecular formula is C12H11NO5. The van der Waals surface area contributed by atoms with Crippen LogP contribution in [0.25, 0.3) is 5.76 Å². The molecule has 0 saturated heterocycles. The van der Waals surface area contributed by atoms with Crippen LogP contribution in [0.5, 0.6) is 0 Å². The zero-order valence-corrected chi connectivity index (χ0v) is 9.89. The third-order valence-corrected chi connectivity index (χ3v) is 2.69. The molecule has 94 valence electrons. The molecule has 0 fully saturated rings. The lowest BCUT2D eigenvalue weighted by atomic mass is 9.93. The molecule has 1 heterocycles. The van der Waals surface area contributed by atoms with Gasteiger partial charge in [-0.15, -0.1) is 0 Å². The lowest BCUT2D eigenvalue weighted by molar-refractivity contribution is -0.139. The van der Waals surface area contributed by atoms with E-state index in [1.807, 2.05) is 0 Å². The Morgan fingerprint density at radius 3 is 2.67 bits per heavy atom. The van der Waals surface area contributed by atoms with Gasteiger partial charge in [-0.3, -0.25) is 9.59 Å². The molecule has 0 radical (unpaired) electrons. The zero-order chi connectivity index (χ0) is 13.4. The molecule has 1 N–H and O–H groups in total. The van der Waals surface area contributed by atoms with Crippen LogP contribution in [0.15, 0.2) is 17.8 Å². The van der Waals surface area contributed by atoms with E-state index in [4.69, 9.17) is 0 Å². The van der Waals surface area contributed by atoms with Crippen molar-refractivity contribution in [3.8, 4) is 0 Å². The SMILES string of the molecule is CCOC(=O)C1=C(O)c2c(ccn2C)C(=O)C1=O. The van der Waals surface area contributed by atoms with E-state index in [0.717, 1.165) is 0 Å². The van der Waals surface area contributed by atoms with Gasteiger partial charge in [0.2, 0.25) is 11.6 Å². The second-order valence-electron chi connectivity index (χ2n) is 3.79. The maximum atomic E-state index is 11.8. The molecule has 0 bridgehead atoms. The van der Waals surface area contributed by atoms with Crippen LogP contribution in [0.1, 0.15) is 23.0 Å². The molecule has 0 saturated carbocycles. The van der Waals surface area contributed by atoms with Gasteiger partial charge in [0.05, 0.1) is 17.9 Å². The smallest absolute Gasteiger partial charge is 0.346 e. The van der Waals surface area contributed by atoms with Gasteiger partial charge in [0.25, 0.3) is 0 Å². The van der Waals surface area contributed by atoms with E-state index < -0.39 is 28.9 Å². The van der Waals surface area contributed by atoms with Gasteiger partial charge in [0, 0.05) is 13.2 Å². The number of aliphatic hydroxyl groups is 1. The number of carbonyl (C=O) groups is 3. The van der Waals surface area contributed by atoms with Crippen molar-refractivity contribution in [3.63, 3.8) is 0 Å². The highest BCUT2D eigenvalue weighted by atomic mass is 16.5. The fraction of sp³-hybridized carbons (Fsp3) is 0.250. The largest absolute Gasteiger partial charge is 0.505 e. The topological polar surface area (TPSA) is 85.6 Å². The van der Waals surface area contributed by atoms with Gasteiger partial charge >= 0.3 is 5.97 Å². The summed E-state index contributed by atoms with van der Waals surface area (Å²) in [4.78, 5) is 35.1. The first kappa shape index (κ1) is 12.1. The van der Waals surface area contributed by atoms with E-state index in [0.29, 0.717) is 0 Å². The summed E-state index contributed by atoms with van der Waals surface area (Å²) in [5.41, 5.74) is -0.355. The van der Waals surface area contributed by atoms with Crippen molar-refractivity contribution in [3.05, 3.63) is 29.1 Å². The summed E-state index contributed by atoms with van der Waals surface area (Å²) in [6.07, 6.45) is 1.53. The molecule has 0 spiro atoms. The van der Waals surface area contributed by atoms with Crippen LogP contribution < -0.4 is 0 Å². The van der Waals surface area contributed by atoms with Crippen molar-refractivity contribution < 1.29 is 24.2 Å². The van der Waals surface area contributed by atoms with Crippen molar-refractivity contribution in [2.75, 3.05) is 6.61 Å². The second kappa shape index (κ2) is 4.14. The summed E-state index contributed by atoms with van der Waals surface area (Å²) < 4.78 is 6.13. The summed E-state index contributed by atoms with van der Waals surface area (Å²) in [5.74, 6) is -3.35. The van der Waals surface area contributed by atoms with E-state index in [2.05, 4.69) is 4.74 Å². The Morgan fingerprint density at radius 2 is 2.06 bits per heavy atom. The number of aryl methyl sites for hydroxylation is 1. The maximum Gasteiger partial charge on any atom is 0.346 e. The number of Topliss-reactive ketones (excluding diaryl/α,β-unsaturated/α-hetero) is 2. The van der Waals surface area contributed by atoms with E-state index in [1.54, 1.807) is 14.0 Å². The summed E-state index contributed by atoms with van der Waals surface area (Å²) in [6.45, 7) is 1.62. The van der Waals surface area contributed by atoms with Crippen LogP contribution in [0.3, 0.4) is 0 Å². The zero-order valence-electron chi connectivity index (χ0n) is 9.89. The van der Waals surface area contributed by atoms with Gasteiger partial charge in [-0.2, -0.15) is 0 Å². The number of ketones is 2. The number of rotatable bonds is 2. The number of nitrogens with zero attached hydrogens (tertiary/aromatic N) is 1. The second-order valence-corrected chi connectivity index (χ2v) is 3.79. The lowest BCUT2D eigenvalue weighted by Gasteiger charge is -2.15. The first-order valence-electron chi connectivity index (χ1n) is 5.34. The molecular weight excluding hydrogens is 238 g/mol. The minimum Gasteiger partial charge on any atom is -0.505 e. The van der Waals surface area contributed by atoms with Crippen molar-refractivity contribution in [1.82, 2.24) is 4.57 Å². The Labute approximate surface area is 102 Å². The highest BCUT2D eigenvalue weighted by molar-refractivity contribution is 6.56. The molecule has 0 unspecified atom stereocenters. The van der Waals surface area contributed by atoms with Gasteiger partial charge in [0.1, 0.15) is 0 Å². The van der Waals surface area contributed by atoms with Gasteiger partial charge in [-0.25, -0.2) is 4.79 Å². The average Bonchev–Trinajstić information content (AvgIpc) is 2.69. The number of hydrogen-bond acceptors (Lipinski definition) is 5. The summed E-state index contributed by atoms with van der Waals surface area (Å²) >= 11 is 0. The fourth-order valence-corrected chi connectivity index (χ4v) is 1.86. The Morgan fingerprint density at radius 1 is 1.39 bits per heavy atom. The quantitative estimate of drug-likeness (QED) is 0.472. The van der Waals surface area contributed by atoms with Crippen molar-refractivity contribution in [2.24, 2.45) is 7.05 Å². The van der Waals surface area contributed by atoms with Gasteiger partial charge in [-0.05, 0) is 13.0 Å². The standard InChI is InChI=1S/C12H11NO5/c1-3-18-12(17)7-10(15)8-6(4-5-13(8)2)9(14)11(7)16/h4-5,15H,3H2,1-2H3. The Bertz CT molecular complexity index is 594. The monoisotopic (exact) mass is 249 g/mol. The minimum atomic E-state index is -1.04. The summed E-state index contributed by atoms with van der Waals surface area (Å²) in [6, 6.07) is 1.42. The predicted octanol–water partition coefficient (Wildman–Crippen LogP) is 0.623. The van der Waals surface area contributed by atoms with E-state index in [-0.39, 0.29) is 17.9 Å². The number of esters is 1. The number of aliphatic hydroxyl groups excluding tert-OH is 1. The predicted molar refractivity (Wildman–Crippen MR) is 60.9 cm³/mol. The molecule has 0 atom stereocenters. The third kappa shape index (κ3) is 1.54. The molecule has 1 aliphatic carbocycles. The number of fused-ring (bicyclic) bond motifs is 1. The van der Waals surface area contributed by atoms with Crippen LogP contribution >= 0.6 is 0 Å². The summed E-state index contributed by atoms with van der Waals surface area (Å²) in [7, 11) is 1.60. The van der Waals surface area contributed by atoms with E-state index >= 15 is 0 Å². The van der Waals surface area contributed by atoms with Crippen LogP contribution in [0.2, 0.25) is 0 Å². The number of aromatic nitrogens is 1. The highest BCUT2D eigenvalue weighted by Gasteiger charge is 2.39. The third-order valence-electron chi connectivity index (χ3n) is 2.69. The summed E-state index contributed by atoms with van der Waals surface area (Å²) in [5, 5.41) is 9.96. The lowest BCUT2D eigenvalue weighted by Crippen LogP contribution is -2.29. The molecule has 0 aromatic carbocycles. The number of ether oxygens (including phenoxy) is 1. The Kier molecular flexibility index (Phi) is 2.78. The Hall–Kier alpha value is -2.37. The van der Waals surface area contributed by atoms with Crippen molar-refractivity contribution in [1.29, 1.82) is 0 Å². The first-order chi connectivity index (χ1) is 8.49. The van der Waals surface area contributed by atoms with E-state index in [1.165, 1.54) is 16.8 Å². The van der Waals surface area contributed by atoms with Crippen LogP contribution in [-0.4, -0.2) is 33.8 Å². The fourth-order valence-electron chi connectivity index (χ4n) is 1.86. The molecule has 6 nitrogen and oxygen atoms in total. The minimum absolute atomic E-state index is 0.0527. The van der Waals surface area contributed by atoms with Crippen LogP contribution in [-0.2, 0) is 21.4 Å². The molecule has 6 heteroatoms. The average molecular weight is 249 g/mol. The van der Waals surface area contributed by atoms with Crippen LogP contribution in [0, 0.1) is 0 Å². The molecule has 2 rings (SSSR count). The molecule has 1 aromatic rings. The molecule has 18 heavy (non-hydrogen) atoms. The number of carbonyl (C=O) groups excluding carboxylic acids is 3. The Balaban J connectivity index is 2.65. The molecule has 1 aromatic heterocycles. The maximum absolute atomic E-state index is 11.8. The molecule has 1 aliphatic rings. The number of hydrogen-bond donors (Lipinski definition) is 1. The molecule has 0 amide bonds. The molecule has 0 aliphatic heterocycles.